The molecule has 0 saturated carbocycles. The number of carbonyl (C=O) groups excluding carboxylic acids is 1. The summed E-state index contributed by atoms with van der Waals surface area (Å²) in [5.41, 5.74) is 0. The molecule has 1 saturated heterocycles. The van der Waals surface area contributed by atoms with E-state index in [0.29, 0.717) is 57.2 Å². The van der Waals surface area contributed by atoms with Crippen LogP contribution in [0.5, 0.6) is 11.5 Å². The van der Waals surface area contributed by atoms with Gasteiger partial charge in [-0.25, -0.2) is 8.42 Å². The maximum Gasteiger partial charge on any atom is 0.243 e. The van der Waals surface area contributed by atoms with Gasteiger partial charge in [-0.2, -0.15) is 4.31 Å². The van der Waals surface area contributed by atoms with Crippen LogP contribution in [0.2, 0.25) is 0 Å². The zero-order chi connectivity index (χ0) is 17.2. The molecule has 3 rings (SSSR count). The van der Waals surface area contributed by atoms with Crippen molar-refractivity contribution < 1.29 is 22.7 Å². The highest BCUT2D eigenvalue weighted by atomic mass is 32.2. The standard InChI is InChI=1S/C16H22N2O5S/c1-2-17-16(19)12-5-7-18(8-6-12)24(20,21)13-3-4-14-15(11-13)23-10-9-22-14/h3-4,11-12H,2,5-10H2,1H3,(H,17,19). The molecule has 24 heavy (non-hydrogen) atoms. The summed E-state index contributed by atoms with van der Waals surface area (Å²) in [6.07, 6.45) is 1.07. The van der Waals surface area contributed by atoms with Crippen molar-refractivity contribution in [3.63, 3.8) is 0 Å². The van der Waals surface area contributed by atoms with Crippen LogP contribution in [0, 0.1) is 5.92 Å². The monoisotopic (exact) mass is 354 g/mol. The number of piperidine rings is 1. The van der Waals surface area contributed by atoms with Crippen LogP contribution in [0.25, 0.3) is 0 Å². The normalized spacial score (nSPS) is 19.0. The van der Waals surface area contributed by atoms with Crippen LogP contribution < -0.4 is 14.8 Å². The first-order valence-electron chi connectivity index (χ1n) is 8.20. The van der Waals surface area contributed by atoms with E-state index in [-0.39, 0.29) is 16.7 Å². The van der Waals surface area contributed by atoms with E-state index in [2.05, 4.69) is 5.32 Å². The third kappa shape index (κ3) is 3.34. The lowest BCUT2D eigenvalue weighted by atomic mass is 9.97. The number of hydrogen-bond acceptors (Lipinski definition) is 5. The number of amides is 1. The Bertz CT molecular complexity index is 711. The van der Waals surface area contributed by atoms with E-state index in [9.17, 15) is 13.2 Å². The molecule has 1 aromatic carbocycles. The Hall–Kier alpha value is -1.80. The fraction of sp³-hybridized carbons (Fsp3) is 0.562. The van der Waals surface area contributed by atoms with Gasteiger partial charge in [0.05, 0.1) is 4.90 Å². The Morgan fingerprint density at radius 2 is 1.88 bits per heavy atom. The maximum atomic E-state index is 12.8. The van der Waals surface area contributed by atoms with Crippen molar-refractivity contribution in [1.82, 2.24) is 9.62 Å². The second-order valence-corrected chi connectivity index (χ2v) is 7.82. The second kappa shape index (κ2) is 6.98. The van der Waals surface area contributed by atoms with Crippen molar-refractivity contribution in [3.8, 4) is 11.5 Å². The Balaban J connectivity index is 1.71. The molecule has 2 aliphatic rings. The molecule has 2 aliphatic heterocycles. The van der Waals surface area contributed by atoms with Crippen LogP contribution in [0.4, 0.5) is 0 Å². The van der Waals surface area contributed by atoms with Crippen LogP contribution in [-0.2, 0) is 14.8 Å². The Morgan fingerprint density at radius 3 is 2.54 bits per heavy atom. The molecule has 0 atom stereocenters. The van der Waals surface area contributed by atoms with Crippen LogP contribution in [0.1, 0.15) is 19.8 Å². The Labute approximate surface area is 142 Å². The molecular weight excluding hydrogens is 332 g/mol. The predicted octanol–water partition coefficient (Wildman–Crippen LogP) is 0.995. The van der Waals surface area contributed by atoms with E-state index < -0.39 is 10.0 Å². The van der Waals surface area contributed by atoms with Crippen LogP contribution in [-0.4, -0.2) is 51.5 Å². The van der Waals surface area contributed by atoms with Crippen molar-refractivity contribution >= 4 is 15.9 Å². The summed E-state index contributed by atoms with van der Waals surface area (Å²) in [5, 5.41) is 2.80. The lowest BCUT2D eigenvalue weighted by Gasteiger charge is -2.30. The summed E-state index contributed by atoms with van der Waals surface area (Å²) in [7, 11) is -3.59. The molecule has 0 aromatic heterocycles. The van der Waals surface area contributed by atoms with Gasteiger partial charge in [-0.1, -0.05) is 0 Å². The van der Waals surface area contributed by atoms with Gasteiger partial charge in [0, 0.05) is 31.6 Å². The molecule has 7 nitrogen and oxygen atoms in total. The van der Waals surface area contributed by atoms with Crippen molar-refractivity contribution in [1.29, 1.82) is 0 Å². The van der Waals surface area contributed by atoms with Crippen LogP contribution in [0.3, 0.4) is 0 Å². The first-order valence-corrected chi connectivity index (χ1v) is 9.64. The Kier molecular flexibility index (Phi) is 4.96. The molecule has 1 fully saturated rings. The summed E-state index contributed by atoms with van der Waals surface area (Å²) >= 11 is 0. The van der Waals surface area contributed by atoms with Gasteiger partial charge < -0.3 is 14.8 Å². The van der Waals surface area contributed by atoms with Gasteiger partial charge in [-0.15, -0.1) is 0 Å². The molecule has 8 heteroatoms. The first kappa shape index (κ1) is 17.0. The number of nitrogens with zero attached hydrogens (tertiary/aromatic N) is 1. The largest absolute Gasteiger partial charge is 0.486 e. The lowest BCUT2D eigenvalue weighted by Crippen LogP contribution is -2.42. The molecular formula is C16H22N2O5S. The molecule has 0 unspecified atom stereocenters. The van der Waals surface area contributed by atoms with Crippen molar-refractivity contribution in [2.75, 3.05) is 32.8 Å². The van der Waals surface area contributed by atoms with Crippen molar-refractivity contribution in [2.45, 2.75) is 24.7 Å². The highest BCUT2D eigenvalue weighted by Gasteiger charge is 2.32. The molecule has 0 bridgehead atoms. The van der Waals surface area contributed by atoms with Gasteiger partial charge in [0.2, 0.25) is 15.9 Å². The number of fused-ring (bicyclic) bond motifs is 1. The number of carbonyl (C=O) groups is 1. The molecule has 1 aromatic rings. The summed E-state index contributed by atoms with van der Waals surface area (Å²) < 4.78 is 37.9. The van der Waals surface area contributed by atoms with E-state index in [0.717, 1.165) is 0 Å². The zero-order valence-electron chi connectivity index (χ0n) is 13.7. The Morgan fingerprint density at radius 1 is 1.21 bits per heavy atom. The molecule has 132 valence electrons. The number of hydrogen-bond donors (Lipinski definition) is 1. The zero-order valence-corrected chi connectivity index (χ0v) is 14.5. The number of ether oxygens (including phenoxy) is 2. The maximum absolute atomic E-state index is 12.8. The average Bonchev–Trinajstić information content (AvgIpc) is 2.61. The predicted molar refractivity (Wildman–Crippen MR) is 87.6 cm³/mol. The summed E-state index contributed by atoms with van der Waals surface area (Å²) in [4.78, 5) is 12.1. The molecule has 0 aliphatic carbocycles. The van der Waals surface area contributed by atoms with Gasteiger partial charge in [0.15, 0.2) is 11.5 Å². The molecule has 2 heterocycles. The molecule has 1 amide bonds. The van der Waals surface area contributed by atoms with Gasteiger partial charge in [-0.3, -0.25) is 4.79 Å². The van der Waals surface area contributed by atoms with Gasteiger partial charge >= 0.3 is 0 Å². The molecule has 1 N–H and O–H groups in total. The van der Waals surface area contributed by atoms with Crippen molar-refractivity contribution in [3.05, 3.63) is 18.2 Å². The van der Waals surface area contributed by atoms with E-state index in [1.165, 1.54) is 10.4 Å². The van der Waals surface area contributed by atoms with Crippen LogP contribution in [0.15, 0.2) is 23.1 Å². The molecule has 0 radical (unpaired) electrons. The third-order valence-corrected chi connectivity index (χ3v) is 6.22. The minimum atomic E-state index is -3.59. The SMILES string of the molecule is CCNC(=O)C1CCN(S(=O)(=O)c2ccc3c(c2)OCCO3)CC1. The first-order chi connectivity index (χ1) is 11.5. The lowest BCUT2D eigenvalue weighted by molar-refractivity contribution is -0.126. The van der Waals surface area contributed by atoms with E-state index in [1.807, 2.05) is 6.92 Å². The summed E-state index contributed by atoms with van der Waals surface area (Å²) in [6, 6.07) is 4.68. The van der Waals surface area contributed by atoms with Crippen LogP contribution >= 0.6 is 0 Å². The third-order valence-electron chi connectivity index (χ3n) is 4.33. The topological polar surface area (TPSA) is 84.9 Å². The van der Waals surface area contributed by atoms with E-state index in [4.69, 9.17) is 9.47 Å². The minimum absolute atomic E-state index is 0.00822. The quantitative estimate of drug-likeness (QED) is 0.872. The van der Waals surface area contributed by atoms with Crippen molar-refractivity contribution in [2.24, 2.45) is 5.92 Å². The highest BCUT2D eigenvalue weighted by Crippen LogP contribution is 2.34. The van der Waals surface area contributed by atoms with E-state index in [1.54, 1.807) is 12.1 Å². The number of sulfonamides is 1. The van der Waals surface area contributed by atoms with Gasteiger partial charge in [0.1, 0.15) is 13.2 Å². The fourth-order valence-corrected chi connectivity index (χ4v) is 4.50. The molecule has 0 spiro atoms. The summed E-state index contributed by atoms with van der Waals surface area (Å²) in [6.45, 7) is 4.03. The number of nitrogens with one attached hydrogen (secondary N) is 1. The number of rotatable bonds is 4. The fourth-order valence-electron chi connectivity index (χ4n) is 3.01. The average molecular weight is 354 g/mol. The number of benzene rings is 1. The van der Waals surface area contributed by atoms with Gasteiger partial charge in [0.25, 0.3) is 0 Å². The van der Waals surface area contributed by atoms with E-state index >= 15 is 0 Å². The minimum Gasteiger partial charge on any atom is -0.486 e. The second-order valence-electron chi connectivity index (χ2n) is 5.88. The highest BCUT2D eigenvalue weighted by molar-refractivity contribution is 7.89. The summed E-state index contributed by atoms with van der Waals surface area (Å²) in [5.74, 6) is 0.917. The van der Waals surface area contributed by atoms with Gasteiger partial charge in [-0.05, 0) is 31.9 Å². The smallest absolute Gasteiger partial charge is 0.243 e.